The molecule has 1 heterocycles. The zero-order chi connectivity index (χ0) is 18.4. The summed E-state index contributed by atoms with van der Waals surface area (Å²) in [6.07, 6.45) is 1.69. The predicted molar refractivity (Wildman–Crippen MR) is 108 cm³/mol. The molecule has 1 N–H and O–H groups in total. The lowest BCUT2D eigenvalue weighted by Gasteiger charge is -2.12. The Morgan fingerprint density at radius 2 is 1.88 bits per heavy atom. The third-order valence-electron chi connectivity index (χ3n) is 3.48. The molecule has 0 aliphatic rings. The predicted octanol–water partition coefficient (Wildman–Crippen LogP) is 5.65. The number of halogens is 1. The molecule has 3 rings (SSSR count). The highest BCUT2D eigenvalue weighted by Crippen LogP contribution is 2.31. The van der Waals surface area contributed by atoms with E-state index in [4.69, 9.17) is 4.74 Å². The molecule has 0 aliphatic carbocycles. The maximum atomic E-state index is 12.8. The fourth-order valence-electron chi connectivity index (χ4n) is 2.30. The Hall–Kier alpha value is -2.31. The van der Waals surface area contributed by atoms with E-state index >= 15 is 0 Å². The van der Waals surface area contributed by atoms with Crippen molar-refractivity contribution in [3.63, 3.8) is 0 Å². The van der Waals surface area contributed by atoms with Crippen LogP contribution in [0.5, 0.6) is 5.75 Å². The van der Waals surface area contributed by atoms with Gasteiger partial charge in [-0.25, -0.2) is 4.98 Å². The molecule has 3 aromatic rings. The van der Waals surface area contributed by atoms with Crippen molar-refractivity contribution in [1.29, 1.82) is 0 Å². The lowest BCUT2D eigenvalue weighted by Crippen LogP contribution is -2.14. The van der Waals surface area contributed by atoms with E-state index in [2.05, 4.69) is 26.2 Å². The zero-order valence-electron chi connectivity index (χ0n) is 14.1. The third-order valence-corrected chi connectivity index (χ3v) is 5.03. The number of pyridine rings is 1. The molecule has 1 aromatic heterocycles. The molecule has 0 aliphatic heterocycles. The highest BCUT2D eigenvalue weighted by molar-refractivity contribution is 9.10. The van der Waals surface area contributed by atoms with Crippen LogP contribution in [0, 0.1) is 0 Å². The normalized spacial score (nSPS) is 10.4. The maximum Gasteiger partial charge on any atom is 0.258 e. The van der Waals surface area contributed by atoms with Gasteiger partial charge < -0.3 is 10.1 Å². The van der Waals surface area contributed by atoms with E-state index in [-0.39, 0.29) is 5.91 Å². The monoisotopic (exact) mass is 428 g/mol. The van der Waals surface area contributed by atoms with Crippen LogP contribution in [0.25, 0.3) is 0 Å². The molecule has 0 fully saturated rings. The number of ether oxygens (including phenoxy) is 1. The first-order chi connectivity index (χ1) is 12.7. The van der Waals surface area contributed by atoms with Crippen LogP contribution in [-0.2, 0) is 0 Å². The van der Waals surface area contributed by atoms with Crippen molar-refractivity contribution in [3.8, 4) is 5.75 Å². The summed E-state index contributed by atoms with van der Waals surface area (Å²) in [5.41, 5.74) is 1.16. The highest BCUT2D eigenvalue weighted by Gasteiger charge is 2.15. The van der Waals surface area contributed by atoms with Crippen LogP contribution >= 0.6 is 27.7 Å². The highest BCUT2D eigenvalue weighted by atomic mass is 79.9. The first kappa shape index (κ1) is 18.5. The summed E-state index contributed by atoms with van der Waals surface area (Å²) in [7, 11) is 0. The molecule has 0 saturated carbocycles. The SMILES string of the molecule is CCOc1ccccc1NC(=O)c1cccnc1Sc1ccc(Br)cc1. The molecule has 1 amide bonds. The number of benzene rings is 2. The van der Waals surface area contributed by atoms with Gasteiger partial charge in [-0.3, -0.25) is 4.79 Å². The Morgan fingerprint density at radius 1 is 1.12 bits per heavy atom. The summed E-state index contributed by atoms with van der Waals surface area (Å²) in [6.45, 7) is 2.44. The van der Waals surface area contributed by atoms with Gasteiger partial charge in [-0.2, -0.15) is 0 Å². The molecule has 4 nitrogen and oxygen atoms in total. The fraction of sp³-hybridized carbons (Fsp3) is 0.100. The summed E-state index contributed by atoms with van der Waals surface area (Å²) in [5, 5.41) is 3.58. The lowest BCUT2D eigenvalue weighted by molar-refractivity contribution is 0.102. The molecule has 132 valence electrons. The number of amides is 1. The molecule has 6 heteroatoms. The topological polar surface area (TPSA) is 51.2 Å². The van der Waals surface area contributed by atoms with Gasteiger partial charge in [-0.1, -0.05) is 39.8 Å². The number of nitrogens with one attached hydrogen (secondary N) is 1. The fourth-order valence-corrected chi connectivity index (χ4v) is 3.44. The molecule has 0 unspecified atom stereocenters. The van der Waals surface area contributed by atoms with Gasteiger partial charge in [0.1, 0.15) is 10.8 Å². The molecule has 26 heavy (non-hydrogen) atoms. The Morgan fingerprint density at radius 3 is 2.65 bits per heavy atom. The van der Waals surface area contributed by atoms with E-state index < -0.39 is 0 Å². The van der Waals surface area contributed by atoms with Gasteiger partial charge in [0.05, 0.1) is 17.9 Å². The summed E-state index contributed by atoms with van der Waals surface area (Å²) in [5.74, 6) is 0.430. The van der Waals surface area contributed by atoms with Crippen molar-refractivity contribution < 1.29 is 9.53 Å². The van der Waals surface area contributed by atoms with Gasteiger partial charge in [0.15, 0.2) is 0 Å². The van der Waals surface area contributed by atoms with Crippen molar-refractivity contribution in [1.82, 2.24) is 4.98 Å². The van der Waals surface area contributed by atoms with Crippen LogP contribution in [0.2, 0.25) is 0 Å². The standard InChI is InChI=1S/C20H17BrN2O2S/c1-2-25-18-8-4-3-7-17(18)23-19(24)16-6-5-13-22-20(16)26-15-11-9-14(21)10-12-15/h3-13H,2H2,1H3,(H,23,24). The summed E-state index contributed by atoms with van der Waals surface area (Å²) in [4.78, 5) is 18.2. The van der Waals surface area contributed by atoms with Crippen molar-refractivity contribution in [2.45, 2.75) is 16.8 Å². The number of anilines is 1. The minimum Gasteiger partial charge on any atom is -0.492 e. The van der Waals surface area contributed by atoms with Gasteiger partial charge in [-0.05, 0) is 55.5 Å². The second-order valence-corrected chi connectivity index (χ2v) is 7.27. The summed E-state index contributed by atoms with van der Waals surface area (Å²) < 4.78 is 6.58. The summed E-state index contributed by atoms with van der Waals surface area (Å²) >= 11 is 4.88. The molecule has 0 radical (unpaired) electrons. The van der Waals surface area contributed by atoms with Gasteiger partial charge in [0.2, 0.25) is 0 Å². The second kappa shape index (κ2) is 8.87. The largest absolute Gasteiger partial charge is 0.492 e. The Labute approximate surface area is 165 Å². The first-order valence-electron chi connectivity index (χ1n) is 8.09. The van der Waals surface area contributed by atoms with Crippen molar-refractivity contribution >= 4 is 39.3 Å². The lowest BCUT2D eigenvalue weighted by atomic mass is 10.2. The minimum absolute atomic E-state index is 0.218. The van der Waals surface area contributed by atoms with E-state index in [1.54, 1.807) is 18.3 Å². The molecule has 0 spiro atoms. The number of carbonyl (C=O) groups is 1. The van der Waals surface area contributed by atoms with Crippen LogP contribution in [0.3, 0.4) is 0 Å². The molecule has 0 saturated heterocycles. The van der Waals surface area contributed by atoms with Gasteiger partial charge in [0, 0.05) is 15.6 Å². The number of hydrogen-bond acceptors (Lipinski definition) is 4. The van der Waals surface area contributed by atoms with E-state index in [0.717, 1.165) is 9.37 Å². The van der Waals surface area contributed by atoms with E-state index in [1.807, 2.05) is 55.5 Å². The number of nitrogens with zero attached hydrogens (tertiary/aromatic N) is 1. The number of rotatable bonds is 6. The maximum absolute atomic E-state index is 12.8. The molecule has 2 aromatic carbocycles. The Bertz CT molecular complexity index is 900. The van der Waals surface area contributed by atoms with Crippen LogP contribution in [0.4, 0.5) is 5.69 Å². The van der Waals surface area contributed by atoms with Crippen LogP contribution < -0.4 is 10.1 Å². The van der Waals surface area contributed by atoms with E-state index in [9.17, 15) is 4.79 Å². The van der Waals surface area contributed by atoms with Crippen molar-refractivity contribution in [2.24, 2.45) is 0 Å². The van der Waals surface area contributed by atoms with Gasteiger partial charge in [0.25, 0.3) is 5.91 Å². The number of hydrogen-bond donors (Lipinski definition) is 1. The third kappa shape index (κ3) is 4.65. The molecular weight excluding hydrogens is 412 g/mol. The minimum atomic E-state index is -0.218. The zero-order valence-corrected chi connectivity index (χ0v) is 16.5. The van der Waals surface area contributed by atoms with Crippen molar-refractivity contribution in [2.75, 3.05) is 11.9 Å². The van der Waals surface area contributed by atoms with E-state index in [1.165, 1.54) is 11.8 Å². The van der Waals surface area contributed by atoms with Crippen LogP contribution in [-0.4, -0.2) is 17.5 Å². The molecule has 0 atom stereocenters. The smallest absolute Gasteiger partial charge is 0.258 e. The van der Waals surface area contributed by atoms with Crippen molar-refractivity contribution in [3.05, 3.63) is 76.9 Å². The first-order valence-corrected chi connectivity index (χ1v) is 9.70. The molecule has 0 bridgehead atoms. The second-order valence-electron chi connectivity index (χ2n) is 5.30. The summed E-state index contributed by atoms with van der Waals surface area (Å²) in [6, 6.07) is 18.8. The average molecular weight is 429 g/mol. The average Bonchev–Trinajstić information content (AvgIpc) is 2.66. The number of carbonyl (C=O) groups excluding carboxylic acids is 1. The number of aromatic nitrogens is 1. The quantitative estimate of drug-likeness (QED) is 0.551. The van der Waals surface area contributed by atoms with E-state index in [0.29, 0.717) is 28.6 Å². The Balaban J connectivity index is 1.83. The number of para-hydroxylation sites is 2. The van der Waals surface area contributed by atoms with Gasteiger partial charge in [-0.15, -0.1) is 0 Å². The van der Waals surface area contributed by atoms with Crippen LogP contribution in [0.15, 0.2) is 81.3 Å². The van der Waals surface area contributed by atoms with Gasteiger partial charge >= 0.3 is 0 Å². The molecular formula is C20H17BrN2O2S. The van der Waals surface area contributed by atoms with Crippen LogP contribution in [0.1, 0.15) is 17.3 Å². The Kier molecular flexibility index (Phi) is 6.30.